The summed E-state index contributed by atoms with van der Waals surface area (Å²) in [6.45, 7) is 5.44. The number of amides is 1. The van der Waals surface area contributed by atoms with Crippen molar-refractivity contribution in [3.8, 4) is 5.75 Å². The number of benzene rings is 3. The molecule has 0 unspecified atom stereocenters. The summed E-state index contributed by atoms with van der Waals surface area (Å²) in [5.74, 6) is -1.65. The summed E-state index contributed by atoms with van der Waals surface area (Å²) in [6.07, 6.45) is 0.968. The van der Waals surface area contributed by atoms with E-state index in [1.54, 1.807) is 30.3 Å². The highest BCUT2D eigenvalue weighted by molar-refractivity contribution is 6.06. The van der Waals surface area contributed by atoms with Gasteiger partial charge in [-0.3, -0.25) is 9.59 Å². The molecule has 1 aliphatic rings. The van der Waals surface area contributed by atoms with Gasteiger partial charge in [-0.2, -0.15) is 0 Å². The third kappa shape index (κ3) is 5.87. The standard InChI is InChI=1S/C28H30FN3O3/c1-19-7-9-20(10-8-19)26(34)17-21-5-3-6-25(33)27(21)30-28(35)23-12-11-22(18-24(23)29)32-14-4-13-31(2)15-16-32/h3,5-12,18,33H,4,13-17H2,1-2H3,(H,30,35). The molecule has 182 valence electrons. The lowest BCUT2D eigenvalue weighted by Gasteiger charge is -2.23. The average molecular weight is 476 g/mol. The number of phenols is 1. The van der Waals surface area contributed by atoms with E-state index in [2.05, 4.69) is 22.2 Å². The molecule has 1 aliphatic heterocycles. The maximum absolute atomic E-state index is 15.0. The zero-order valence-electron chi connectivity index (χ0n) is 20.1. The first-order chi connectivity index (χ1) is 16.8. The molecule has 2 N–H and O–H groups in total. The van der Waals surface area contributed by atoms with Crippen LogP contribution in [0.1, 0.15) is 38.3 Å². The summed E-state index contributed by atoms with van der Waals surface area (Å²) >= 11 is 0. The van der Waals surface area contributed by atoms with Gasteiger partial charge in [-0.1, -0.05) is 42.0 Å². The number of carbonyl (C=O) groups is 2. The van der Waals surface area contributed by atoms with E-state index in [0.717, 1.165) is 43.9 Å². The number of aryl methyl sites for hydroxylation is 1. The van der Waals surface area contributed by atoms with E-state index in [4.69, 9.17) is 0 Å². The summed E-state index contributed by atoms with van der Waals surface area (Å²) in [5, 5.41) is 13.0. The average Bonchev–Trinajstić information content (AvgIpc) is 3.06. The maximum atomic E-state index is 15.0. The number of aromatic hydroxyl groups is 1. The lowest BCUT2D eigenvalue weighted by atomic mass is 10.00. The van der Waals surface area contributed by atoms with Crippen molar-refractivity contribution in [3.05, 3.63) is 88.7 Å². The minimum atomic E-state index is -0.685. The molecular formula is C28H30FN3O3. The van der Waals surface area contributed by atoms with E-state index in [-0.39, 0.29) is 29.2 Å². The smallest absolute Gasteiger partial charge is 0.258 e. The highest BCUT2D eigenvalue weighted by Gasteiger charge is 2.20. The molecule has 3 aromatic rings. The summed E-state index contributed by atoms with van der Waals surface area (Å²) in [6, 6.07) is 16.5. The highest BCUT2D eigenvalue weighted by atomic mass is 19.1. The van der Waals surface area contributed by atoms with Gasteiger partial charge in [-0.25, -0.2) is 4.39 Å². The van der Waals surface area contributed by atoms with Crippen molar-refractivity contribution in [1.29, 1.82) is 0 Å². The van der Waals surface area contributed by atoms with Crippen molar-refractivity contribution in [2.75, 3.05) is 43.4 Å². The topological polar surface area (TPSA) is 72.9 Å². The fourth-order valence-electron chi connectivity index (χ4n) is 4.26. The number of hydrogen-bond donors (Lipinski definition) is 2. The van der Waals surface area contributed by atoms with Gasteiger partial charge in [-0.15, -0.1) is 0 Å². The van der Waals surface area contributed by atoms with Crippen LogP contribution in [0.4, 0.5) is 15.8 Å². The van der Waals surface area contributed by atoms with E-state index in [1.165, 1.54) is 18.2 Å². The second-order valence-electron chi connectivity index (χ2n) is 9.04. The van der Waals surface area contributed by atoms with E-state index in [9.17, 15) is 19.1 Å². The predicted molar refractivity (Wildman–Crippen MR) is 136 cm³/mol. The van der Waals surface area contributed by atoms with Crippen LogP contribution in [-0.4, -0.2) is 54.9 Å². The number of phenolic OH excluding ortho intramolecular Hbond substituents is 1. The van der Waals surface area contributed by atoms with Crippen molar-refractivity contribution in [3.63, 3.8) is 0 Å². The second kappa shape index (κ2) is 10.7. The first kappa shape index (κ1) is 24.4. The summed E-state index contributed by atoms with van der Waals surface area (Å²) in [5.41, 5.74) is 2.76. The number of para-hydroxylation sites is 1. The third-order valence-corrected chi connectivity index (χ3v) is 6.37. The molecule has 6 nitrogen and oxygen atoms in total. The van der Waals surface area contributed by atoms with Crippen molar-refractivity contribution in [2.24, 2.45) is 0 Å². The van der Waals surface area contributed by atoms with Crippen LogP contribution in [-0.2, 0) is 6.42 Å². The Morgan fingerprint density at radius 1 is 1.00 bits per heavy atom. The van der Waals surface area contributed by atoms with Crippen LogP contribution in [0.2, 0.25) is 0 Å². The maximum Gasteiger partial charge on any atom is 0.258 e. The van der Waals surface area contributed by atoms with Gasteiger partial charge >= 0.3 is 0 Å². The van der Waals surface area contributed by atoms with E-state index < -0.39 is 11.7 Å². The minimum absolute atomic E-state index is 0.0160. The SMILES string of the molecule is Cc1ccc(C(=O)Cc2cccc(O)c2NC(=O)c2ccc(N3CCCN(C)CC3)cc2F)cc1. The fourth-order valence-corrected chi connectivity index (χ4v) is 4.26. The van der Waals surface area contributed by atoms with Crippen molar-refractivity contribution < 1.29 is 19.1 Å². The Balaban J connectivity index is 1.51. The van der Waals surface area contributed by atoms with Crippen LogP contribution in [0.15, 0.2) is 60.7 Å². The van der Waals surface area contributed by atoms with Crippen molar-refractivity contribution >= 4 is 23.1 Å². The monoisotopic (exact) mass is 475 g/mol. The molecule has 0 radical (unpaired) electrons. The summed E-state index contributed by atoms with van der Waals surface area (Å²) < 4.78 is 15.0. The number of ketones is 1. The molecule has 35 heavy (non-hydrogen) atoms. The van der Waals surface area contributed by atoms with Crippen molar-refractivity contribution in [2.45, 2.75) is 19.8 Å². The molecular weight excluding hydrogens is 445 g/mol. The summed E-state index contributed by atoms with van der Waals surface area (Å²) in [7, 11) is 2.07. The Morgan fingerprint density at radius 2 is 1.77 bits per heavy atom. The Hall–Kier alpha value is -3.71. The first-order valence-corrected chi connectivity index (χ1v) is 11.8. The number of rotatable bonds is 6. The molecule has 3 aromatic carbocycles. The number of nitrogens with zero attached hydrogens (tertiary/aromatic N) is 2. The lowest BCUT2D eigenvalue weighted by molar-refractivity contribution is 0.0988. The van der Waals surface area contributed by atoms with Gasteiger partial charge in [0.1, 0.15) is 11.6 Å². The first-order valence-electron chi connectivity index (χ1n) is 11.8. The van der Waals surface area contributed by atoms with Crippen LogP contribution < -0.4 is 10.2 Å². The van der Waals surface area contributed by atoms with Gasteiger partial charge in [0.2, 0.25) is 0 Å². The molecule has 7 heteroatoms. The molecule has 1 saturated heterocycles. The van der Waals surface area contributed by atoms with Crippen LogP contribution in [0.5, 0.6) is 5.75 Å². The Bertz CT molecular complexity index is 1230. The third-order valence-electron chi connectivity index (χ3n) is 6.37. The molecule has 1 amide bonds. The van der Waals surface area contributed by atoms with E-state index >= 15 is 0 Å². The predicted octanol–water partition coefficient (Wildman–Crippen LogP) is 4.66. The molecule has 0 aliphatic carbocycles. The van der Waals surface area contributed by atoms with Gasteiger partial charge in [0.15, 0.2) is 5.78 Å². The fraction of sp³-hybridized carbons (Fsp3) is 0.286. The second-order valence-corrected chi connectivity index (χ2v) is 9.04. The number of anilines is 2. The number of hydrogen-bond acceptors (Lipinski definition) is 5. The highest BCUT2D eigenvalue weighted by Crippen LogP contribution is 2.30. The number of carbonyl (C=O) groups excluding carboxylic acids is 2. The van der Waals surface area contributed by atoms with E-state index in [1.807, 2.05) is 19.1 Å². The molecule has 1 heterocycles. The Labute approximate surface area is 205 Å². The van der Waals surface area contributed by atoms with Gasteiger partial charge in [0.25, 0.3) is 5.91 Å². The number of likely N-dealkylation sites (N-methyl/N-ethyl adjacent to an activating group) is 1. The molecule has 4 rings (SSSR count). The minimum Gasteiger partial charge on any atom is -0.506 e. The zero-order chi connectivity index (χ0) is 24.9. The number of halogens is 1. The molecule has 0 aromatic heterocycles. The number of nitrogens with one attached hydrogen (secondary N) is 1. The van der Waals surface area contributed by atoms with Crippen molar-refractivity contribution in [1.82, 2.24) is 4.90 Å². The normalized spacial score (nSPS) is 14.4. The van der Waals surface area contributed by atoms with Crippen LogP contribution in [0.25, 0.3) is 0 Å². The van der Waals surface area contributed by atoms with E-state index in [0.29, 0.717) is 11.1 Å². The van der Waals surface area contributed by atoms with Gasteiger partial charge in [0.05, 0.1) is 11.3 Å². The summed E-state index contributed by atoms with van der Waals surface area (Å²) in [4.78, 5) is 30.1. The van der Waals surface area contributed by atoms with Gasteiger partial charge in [-0.05, 0) is 56.8 Å². The van der Waals surface area contributed by atoms with Crippen LogP contribution >= 0.6 is 0 Å². The van der Waals surface area contributed by atoms with Crippen LogP contribution in [0.3, 0.4) is 0 Å². The molecule has 1 fully saturated rings. The Morgan fingerprint density at radius 3 is 2.51 bits per heavy atom. The molecule has 0 atom stereocenters. The molecule has 0 bridgehead atoms. The van der Waals surface area contributed by atoms with Gasteiger partial charge < -0.3 is 20.2 Å². The largest absolute Gasteiger partial charge is 0.506 e. The zero-order valence-corrected chi connectivity index (χ0v) is 20.1. The Kier molecular flexibility index (Phi) is 7.46. The molecule has 0 saturated carbocycles. The number of Topliss-reactive ketones (excluding diaryl/α,β-unsaturated/α-hetero) is 1. The van der Waals surface area contributed by atoms with Crippen LogP contribution in [0, 0.1) is 12.7 Å². The molecule has 0 spiro atoms. The lowest BCUT2D eigenvalue weighted by Crippen LogP contribution is -2.29. The van der Waals surface area contributed by atoms with Gasteiger partial charge in [0, 0.05) is 37.3 Å². The quantitative estimate of drug-likeness (QED) is 0.401.